The molecular formula is C11H24N2O4S. The van der Waals surface area contributed by atoms with E-state index in [1.165, 1.54) is 15.7 Å². The highest BCUT2D eigenvalue weighted by Gasteiger charge is 2.35. The zero-order valence-corrected chi connectivity index (χ0v) is 12.6. The SMILES string of the molecule is CC1CN(S(=O)(=O)N(C)CC(C)(C)O)CC(C)O1. The van der Waals surface area contributed by atoms with E-state index in [0.717, 1.165) is 0 Å². The van der Waals surface area contributed by atoms with Crippen LogP contribution in [0.2, 0.25) is 0 Å². The summed E-state index contributed by atoms with van der Waals surface area (Å²) < 4.78 is 32.8. The molecule has 0 radical (unpaired) electrons. The molecule has 1 aliphatic rings. The Morgan fingerprint density at radius 1 is 1.33 bits per heavy atom. The molecule has 0 amide bonds. The predicted molar refractivity (Wildman–Crippen MR) is 69.4 cm³/mol. The summed E-state index contributed by atoms with van der Waals surface area (Å²) >= 11 is 0. The van der Waals surface area contributed by atoms with E-state index in [-0.39, 0.29) is 18.8 Å². The molecule has 1 heterocycles. The molecule has 1 N–H and O–H groups in total. The first-order valence-electron chi connectivity index (χ1n) is 6.11. The van der Waals surface area contributed by atoms with Gasteiger partial charge < -0.3 is 9.84 Å². The number of rotatable bonds is 4. The summed E-state index contributed by atoms with van der Waals surface area (Å²) in [5.74, 6) is 0. The second-order valence-electron chi connectivity index (χ2n) is 5.65. The second kappa shape index (κ2) is 5.42. The second-order valence-corrected chi connectivity index (χ2v) is 7.69. The Kier molecular flexibility index (Phi) is 4.77. The number of morpholine rings is 1. The van der Waals surface area contributed by atoms with Crippen molar-refractivity contribution >= 4 is 10.2 Å². The predicted octanol–water partition coefficient (Wildman–Crippen LogP) is 0.0431. The third-order valence-corrected chi connectivity index (χ3v) is 4.58. The highest BCUT2D eigenvalue weighted by Crippen LogP contribution is 2.18. The number of likely N-dealkylation sites (N-methyl/N-ethyl adjacent to an activating group) is 1. The molecule has 1 rings (SSSR count). The van der Waals surface area contributed by atoms with Gasteiger partial charge in [-0.05, 0) is 27.7 Å². The van der Waals surface area contributed by atoms with Crippen LogP contribution >= 0.6 is 0 Å². The van der Waals surface area contributed by atoms with Gasteiger partial charge in [0.2, 0.25) is 0 Å². The van der Waals surface area contributed by atoms with Crippen molar-refractivity contribution in [2.24, 2.45) is 0 Å². The average Bonchev–Trinajstić information content (AvgIpc) is 2.13. The molecule has 0 aliphatic carbocycles. The monoisotopic (exact) mass is 280 g/mol. The van der Waals surface area contributed by atoms with Gasteiger partial charge in [-0.2, -0.15) is 17.0 Å². The first kappa shape index (κ1) is 15.8. The lowest BCUT2D eigenvalue weighted by molar-refractivity contribution is -0.0458. The van der Waals surface area contributed by atoms with Crippen molar-refractivity contribution in [3.05, 3.63) is 0 Å². The van der Waals surface area contributed by atoms with E-state index in [0.29, 0.717) is 13.1 Å². The van der Waals surface area contributed by atoms with Crippen molar-refractivity contribution in [3.63, 3.8) is 0 Å². The van der Waals surface area contributed by atoms with Crippen molar-refractivity contribution in [2.45, 2.75) is 45.5 Å². The van der Waals surface area contributed by atoms with Crippen molar-refractivity contribution in [1.82, 2.24) is 8.61 Å². The quantitative estimate of drug-likeness (QED) is 0.789. The smallest absolute Gasteiger partial charge is 0.282 e. The van der Waals surface area contributed by atoms with Gasteiger partial charge in [-0.15, -0.1) is 0 Å². The zero-order chi connectivity index (χ0) is 14.1. The van der Waals surface area contributed by atoms with Crippen LogP contribution in [-0.2, 0) is 14.9 Å². The van der Waals surface area contributed by atoms with E-state index in [4.69, 9.17) is 4.74 Å². The van der Waals surface area contributed by atoms with Crippen molar-refractivity contribution in [1.29, 1.82) is 0 Å². The van der Waals surface area contributed by atoms with Crippen LogP contribution in [0.3, 0.4) is 0 Å². The standard InChI is InChI=1S/C11H24N2O4S/c1-9-6-13(7-10(2)17-9)18(15,16)12(5)8-11(3,4)14/h9-10,14H,6-8H2,1-5H3. The number of ether oxygens (including phenoxy) is 1. The molecule has 6 nitrogen and oxygen atoms in total. The van der Waals surface area contributed by atoms with Crippen LogP contribution in [0.25, 0.3) is 0 Å². The Morgan fingerprint density at radius 2 is 1.78 bits per heavy atom. The minimum Gasteiger partial charge on any atom is -0.389 e. The fraction of sp³-hybridized carbons (Fsp3) is 1.00. The molecule has 0 aromatic carbocycles. The fourth-order valence-electron chi connectivity index (χ4n) is 2.14. The average molecular weight is 280 g/mol. The molecule has 0 aromatic rings. The lowest BCUT2D eigenvalue weighted by atomic mass is 10.1. The number of nitrogens with zero attached hydrogens (tertiary/aromatic N) is 2. The van der Waals surface area contributed by atoms with Crippen molar-refractivity contribution in [3.8, 4) is 0 Å². The fourth-order valence-corrected chi connectivity index (χ4v) is 3.81. The molecule has 18 heavy (non-hydrogen) atoms. The molecular weight excluding hydrogens is 256 g/mol. The highest BCUT2D eigenvalue weighted by atomic mass is 32.2. The lowest BCUT2D eigenvalue weighted by Gasteiger charge is -2.37. The van der Waals surface area contributed by atoms with Gasteiger partial charge in [-0.1, -0.05) is 0 Å². The number of hydrogen-bond acceptors (Lipinski definition) is 4. The van der Waals surface area contributed by atoms with E-state index in [9.17, 15) is 13.5 Å². The molecule has 0 bridgehead atoms. The molecule has 0 saturated carbocycles. The zero-order valence-electron chi connectivity index (χ0n) is 11.8. The molecule has 2 atom stereocenters. The third kappa shape index (κ3) is 4.17. The molecule has 108 valence electrons. The van der Waals surface area contributed by atoms with Crippen LogP contribution in [0, 0.1) is 0 Å². The normalized spacial score (nSPS) is 27.7. The summed E-state index contributed by atoms with van der Waals surface area (Å²) in [6.07, 6.45) is -0.224. The third-order valence-electron chi connectivity index (χ3n) is 2.72. The van der Waals surface area contributed by atoms with Crippen LogP contribution in [0.4, 0.5) is 0 Å². The molecule has 2 unspecified atom stereocenters. The van der Waals surface area contributed by atoms with E-state index in [1.54, 1.807) is 13.8 Å². The van der Waals surface area contributed by atoms with Crippen LogP contribution in [0.15, 0.2) is 0 Å². The van der Waals surface area contributed by atoms with Gasteiger partial charge in [0.1, 0.15) is 0 Å². The van der Waals surface area contributed by atoms with Crippen LogP contribution in [0.5, 0.6) is 0 Å². The topological polar surface area (TPSA) is 70.1 Å². The number of aliphatic hydroxyl groups is 1. The van der Waals surface area contributed by atoms with E-state index in [2.05, 4.69) is 0 Å². The first-order valence-corrected chi connectivity index (χ1v) is 7.51. The minimum absolute atomic E-state index is 0.0649. The Morgan fingerprint density at radius 3 is 2.17 bits per heavy atom. The van der Waals surface area contributed by atoms with Gasteiger partial charge in [0.15, 0.2) is 0 Å². The van der Waals surface area contributed by atoms with Gasteiger partial charge >= 0.3 is 0 Å². The minimum atomic E-state index is -3.53. The summed E-state index contributed by atoms with van der Waals surface area (Å²) in [5.41, 5.74) is -1.05. The molecule has 1 aliphatic heterocycles. The first-order chi connectivity index (χ1) is 8.02. The lowest BCUT2D eigenvalue weighted by Crippen LogP contribution is -2.54. The Labute approximate surface area is 110 Å². The van der Waals surface area contributed by atoms with E-state index in [1.807, 2.05) is 13.8 Å². The Bertz CT molecular complexity index is 367. The number of hydrogen-bond donors (Lipinski definition) is 1. The maximum absolute atomic E-state index is 12.3. The summed E-state index contributed by atoms with van der Waals surface area (Å²) in [4.78, 5) is 0. The van der Waals surface area contributed by atoms with Crippen LogP contribution < -0.4 is 0 Å². The van der Waals surface area contributed by atoms with E-state index < -0.39 is 15.8 Å². The highest BCUT2D eigenvalue weighted by molar-refractivity contribution is 7.86. The largest absolute Gasteiger partial charge is 0.389 e. The molecule has 0 aromatic heterocycles. The Balaban J connectivity index is 2.79. The molecule has 0 spiro atoms. The molecule has 1 fully saturated rings. The van der Waals surface area contributed by atoms with Gasteiger partial charge in [0, 0.05) is 26.7 Å². The van der Waals surface area contributed by atoms with Gasteiger partial charge in [-0.25, -0.2) is 0 Å². The molecule has 1 saturated heterocycles. The van der Waals surface area contributed by atoms with Gasteiger partial charge in [0.25, 0.3) is 10.2 Å². The van der Waals surface area contributed by atoms with Crippen molar-refractivity contribution < 1.29 is 18.3 Å². The van der Waals surface area contributed by atoms with E-state index >= 15 is 0 Å². The maximum Gasteiger partial charge on any atom is 0.282 e. The van der Waals surface area contributed by atoms with Crippen LogP contribution in [0.1, 0.15) is 27.7 Å². The van der Waals surface area contributed by atoms with Crippen molar-refractivity contribution in [2.75, 3.05) is 26.7 Å². The molecule has 7 heteroatoms. The summed E-state index contributed by atoms with van der Waals surface area (Å²) in [7, 11) is -2.05. The van der Waals surface area contributed by atoms with Crippen LogP contribution in [-0.4, -0.2) is 66.6 Å². The van der Waals surface area contributed by atoms with Gasteiger partial charge in [-0.3, -0.25) is 0 Å². The maximum atomic E-state index is 12.3. The summed E-state index contributed by atoms with van der Waals surface area (Å²) in [5, 5.41) is 9.70. The summed E-state index contributed by atoms with van der Waals surface area (Å²) in [6, 6.07) is 0. The van der Waals surface area contributed by atoms with Gasteiger partial charge in [0.05, 0.1) is 17.8 Å². The Hall–Kier alpha value is -0.210. The summed E-state index contributed by atoms with van der Waals surface area (Å²) in [6.45, 7) is 7.65.